The van der Waals surface area contributed by atoms with Crippen LogP contribution in [0.1, 0.15) is 55.3 Å². The molecule has 0 aliphatic heterocycles. The Hall–Kier alpha value is -2.41. The zero-order valence-corrected chi connectivity index (χ0v) is 15.8. The minimum Gasteiger partial charge on any atom is -0.455 e. The van der Waals surface area contributed by atoms with Gasteiger partial charge in [0.05, 0.1) is 12.0 Å². The number of hydrogen-bond donors (Lipinski definition) is 3. The highest BCUT2D eigenvalue weighted by molar-refractivity contribution is 5.95. The van der Waals surface area contributed by atoms with Crippen LogP contribution in [0.15, 0.2) is 30.3 Å². The topological polar surface area (TPSA) is 105 Å². The van der Waals surface area contributed by atoms with Crippen molar-refractivity contribution < 1.29 is 24.2 Å². The van der Waals surface area contributed by atoms with Gasteiger partial charge in [-0.25, -0.2) is 0 Å². The van der Waals surface area contributed by atoms with Gasteiger partial charge in [-0.15, -0.1) is 0 Å². The second-order valence-electron chi connectivity index (χ2n) is 8.89. The highest BCUT2D eigenvalue weighted by Crippen LogP contribution is 2.62. The second-order valence-corrected chi connectivity index (χ2v) is 8.89. The number of rotatable bonds is 5. The molecule has 4 fully saturated rings. The molecule has 7 nitrogen and oxygen atoms in total. The Morgan fingerprint density at radius 2 is 1.71 bits per heavy atom. The molecule has 2 amide bonds. The summed E-state index contributed by atoms with van der Waals surface area (Å²) in [6, 6.07) is 8.48. The van der Waals surface area contributed by atoms with Gasteiger partial charge in [-0.1, -0.05) is 18.2 Å². The Bertz CT molecular complexity index is 764. The number of carbonyl (C=O) groups is 3. The van der Waals surface area contributed by atoms with Crippen molar-refractivity contribution in [2.45, 2.75) is 50.5 Å². The predicted octanol–water partition coefficient (Wildman–Crippen LogP) is 1.71. The average molecular weight is 386 g/mol. The van der Waals surface area contributed by atoms with Gasteiger partial charge in [0.15, 0.2) is 6.61 Å². The fourth-order valence-corrected chi connectivity index (χ4v) is 5.94. The third-order valence-corrected chi connectivity index (χ3v) is 6.39. The van der Waals surface area contributed by atoms with Crippen molar-refractivity contribution in [2.75, 3.05) is 6.61 Å². The summed E-state index contributed by atoms with van der Waals surface area (Å²) in [5.74, 6) is -0.468. The first-order chi connectivity index (χ1) is 13.3. The third kappa shape index (κ3) is 4.04. The number of esters is 1. The molecule has 2 unspecified atom stereocenters. The van der Waals surface area contributed by atoms with E-state index in [1.54, 1.807) is 30.3 Å². The molecule has 4 bridgehead atoms. The molecule has 3 N–H and O–H groups in total. The van der Waals surface area contributed by atoms with Crippen LogP contribution in [0.3, 0.4) is 0 Å². The van der Waals surface area contributed by atoms with Crippen molar-refractivity contribution in [1.29, 1.82) is 0 Å². The molecule has 0 heterocycles. The molecule has 7 heteroatoms. The molecule has 4 aliphatic rings. The van der Waals surface area contributed by atoms with Gasteiger partial charge in [0.1, 0.15) is 0 Å². The quantitative estimate of drug-likeness (QED) is 0.528. The van der Waals surface area contributed by atoms with E-state index in [1.165, 1.54) is 0 Å². The van der Waals surface area contributed by atoms with Crippen LogP contribution in [-0.4, -0.2) is 35.1 Å². The van der Waals surface area contributed by atoms with E-state index in [-0.39, 0.29) is 11.8 Å². The number of amides is 2. The van der Waals surface area contributed by atoms with Crippen molar-refractivity contribution in [2.24, 2.45) is 17.3 Å². The molecule has 4 saturated carbocycles. The van der Waals surface area contributed by atoms with E-state index in [4.69, 9.17) is 4.74 Å². The maximum Gasteiger partial charge on any atom is 0.306 e. The number of aliphatic hydroxyl groups is 1. The lowest BCUT2D eigenvalue weighted by Gasteiger charge is -2.60. The summed E-state index contributed by atoms with van der Waals surface area (Å²) in [5.41, 5.74) is 4.15. The Morgan fingerprint density at radius 3 is 2.36 bits per heavy atom. The normalized spacial score (nSPS) is 32.6. The van der Waals surface area contributed by atoms with E-state index in [1.807, 2.05) is 0 Å². The number of nitrogens with one attached hydrogen (secondary N) is 2. The van der Waals surface area contributed by atoms with Crippen molar-refractivity contribution in [1.82, 2.24) is 10.9 Å². The first-order valence-corrected chi connectivity index (χ1v) is 9.87. The van der Waals surface area contributed by atoms with Gasteiger partial charge < -0.3 is 9.84 Å². The SMILES string of the molecule is O=C(COC(=O)CC12C[C@@H]3C[C@@H](CC(O)(C3)C1)C2)NNC(=O)c1ccccc1. The Labute approximate surface area is 163 Å². The van der Waals surface area contributed by atoms with Crippen molar-refractivity contribution >= 4 is 17.8 Å². The molecular formula is C21H26N2O5. The lowest BCUT2D eigenvalue weighted by Crippen LogP contribution is -2.56. The maximum atomic E-state index is 12.3. The minimum atomic E-state index is -0.622. The molecule has 1 aromatic carbocycles. The van der Waals surface area contributed by atoms with Crippen LogP contribution >= 0.6 is 0 Å². The molecule has 0 radical (unpaired) electrons. The van der Waals surface area contributed by atoms with Gasteiger partial charge in [-0.05, 0) is 67.9 Å². The molecule has 28 heavy (non-hydrogen) atoms. The number of carbonyl (C=O) groups excluding carboxylic acids is 3. The molecule has 1 aromatic rings. The first kappa shape index (κ1) is 18.9. The number of hydrogen-bond acceptors (Lipinski definition) is 5. The molecule has 0 saturated heterocycles. The van der Waals surface area contributed by atoms with Crippen LogP contribution in [0.25, 0.3) is 0 Å². The Balaban J connectivity index is 1.23. The highest BCUT2D eigenvalue weighted by Gasteiger charge is 2.57. The number of ether oxygens (including phenoxy) is 1. The van der Waals surface area contributed by atoms with E-state index >= 15 is 0 Å². The van der Waals surface area contributed by atoms with Crippen molar-refractivity contribution in [3.63, 3.8) is 0 Å². The lowest BCUT2D eigenvalue weighted by atomic mass is 9.47. The summed E-state index contributed by atoms with van der Waals surface area (Å²) >= 11 is 0. The predicted molar refractivity (Wildman–Crippen MR) is 99.7 cm³/mol. The van der Waals surface area contributed by atoms with Crippen LogP contribution in [-0.2, 0) is 14.3 Å². The average Bonchev–Trinajstić information content (AvgIpc) is 2.62. The second kappa shape index (κ2) is 7.20. The zero-order valence-electron chi connectivity index (χ0n) is 15.8. The smallest absolute Gasteiger partial charge is 0.306 e. The molecule has 0 spiro atoms. The van der Waals surface area contributed by atoms with Crippen LogP contribution in [0, 0.1) is 17.3 Å². The first-order valence-electron chi connectivity index (χ1n) is 9.87. The standard InChI is InChI=1S/C21H26N2O5/c24-17(22-23-19(26)16-4-2-1-3-5-16)12-28-18(25)11-20-7-14-6-15(8-20)10-21(27,9-14)13-20/h1-5,14-15,27H,6-13H2,(H,22,24)(H,23,26)/t14-,15+,20?,21?. The van der Waals surface area contributed by atoms with Gasteiger partial charge in [0, 0.05) is 5.56 Å². The number of benzene rings is 1. The van der Waals surface area contributed by atoms with Crippen molar-refractivity contribution in [3.05, 3.63) is 35.9 Å². The lowest BCUT2D eigenvalue weighted by molar-refractivity contribution is -0.177. The monoisotopic (exact) mass is 386 g/mol. The third-order valence-electron chi connectivity index (χ3n) is 6.39. The van der Waals surface area contributed by atoms with Gasteiger partial charge in [0.2, 0.25) is 0 Å². The Kier molecular flexibility index (Phi) is 4.87. The van der Waals surface area contributed by atoms with E-state index < -0.39 is 30.0 Å². The molecule has 4 atom stereocenters. The molecule has 4 aliphatic carbocycles. The fraction of sp³-hybridized carbons (Fsp3) is 0.571. The van der Waals surface area contributed by atoms with E-state index in [0.717, 1.165) is 32.1 Å². The summed E-state index contributed by atoms with van der Waals surface area (Å²) in [6.07, 6.45) is 5.67. The van der Waals surface area contributed by atoms with E-state index in [2.05, 4.69) is 10.9 Å². The largest absolute Gasteiger partial charge is 0.455 e. The van der Waals surface area contributed by atoms with Gasteiger partial charge >= 0.3 is 5.97 Å². The summed E-state index contributed by atoms with van der Waals surface area (Å²) in [4.78, 5) is 36.1. The summed E-state index contributed by atoms with van der Waals surface area (Å²) in [6.45, 7) is -0.443. The molecular weight excluding hydrogens is 360 g/mol. The van der Waals surface area contributed by atoms with Gasteiger partial charge in [-0.3, -0.25) is 25.2 Å². The van der Waals surface area contributed by atoms with Gasteiger partial charge in [0.25, 0.3) is 11.8 Å². The zero-order chi connectivity index (χ0) is 19.8. The molecule has 150 valence electrons. The number of hydrazine groups is 1. The fourth-order valence-electron chi connectivity index (χ4n) is 5.94. The summed E-state index contributed by atoms with van der Waals surface area (Å²) in [7, 11) is 0. The maximum absolute atomic E-state index is 12.3. The van der Waals surface area contributed by atoms with Crippen LogP contribution in [0.2, 0.25) is 0 Å². The molecule has 0 aromatic heterocycles. The van der Waals surface area contributed by atoms with E-state index in [9.17, 15) is 19.5 Å². The van der Waals surface area contributed by atoms with Crippen LogP contribution < -0.4 is 10.9 Å². The van der Waals surface area contributed by atoms with Crippen LogP contribution in [0.5, 0.6) is 0 Å². The summed E-state index contributed by atoms with van der Waals surface area (Å²) < 4.78 is 5.13. The van der Waals surface area contributed by atoms with Crippen LogP contribution in [0.4, 0.5) is 0 Å². The molecule has 5 rings (SSSR count). The Morgan fingerprint density at radius 1 is 1.04 bits per heavy atom. The highest BCUT2D eigenvalue weighted by atomic mass is 16.5. The minimum absolute atomic E-state index is 0.187. The summed E-state index contributed by atoms with van der Waals surface area (Å²) in [5, 5.41) is 10.8. The van der Waals surface area contributed by atoms with E-state index in [0.29, 0.717) is 23.8 Å². The van der Waals surface area contributed by atoms with Gasteiger partial charge in [-0.2, -0.15) is 0 Å². The van der Waals surface area contributed by atoms with Crippen molar-refractivity contribution in [3.8, 4) is 0 Å².